The van der Waals surface area contributed by atoms with Crippen molar-refractivity contribution in [3.8, 4) is 0 Å². The van der Waals surface area contributed by atoms with Crippen molar-refractivity contribution < 1.29 is 14.4 Å². The van der Waals surface area contributed by atoms with Crippen molar-refractivity contribution >= 4 is 14.0 Å². The van der Waals surface area contributed by atoms with Crippen LogP contribution < -0.4 is 5.19 Å². The van der Waals surface area contributed by atoms with Crippen LogP contribution in [0.15, 0.2) is 18.2 Å². The maximum atomic E-state index is 8.99. The lowest BCUT2D eigenvalue weighted by molar-refractivity contribution is 0.249. The van der Waals surface area contributed by atoms with Gasteiger partial charge in [0.1, 0.15) is 0 Å². The van der Waals surface area contributed by atoms with Crippen LogP contribution >= 0.6 is 0 Å². The van der Waals surface area contributed by atoms with Gasteiger partial charge in [-0.25, -0.2) is 0 Å². The van der Waals surface area contributed by atoms with Gasteiger partial charge in [-0.3, -0.25) is 0 Å². The molecule has 3 N–H and O–H groups in total. The monoisotopic (exact) mass is 184 g/mol. The van der Waals surface area contributed by atoms with Crippen molar-refractivity contribution in [1.29, 1.82) is 0 Å². The van der Waals surface area contributed by atoms with E-state index in [-0.39, 0.29) is 5.19 Å². The molecule has 0 aliphatic rings. The van der Waals surface area contributed by atoms with Gasteiger partial charge in [-0.05, 0) is 13.8 Å². The topological polar surface area (TPSA) is 60.7 Å². The summed E-state index contributed by atoms with van der Waals surface area (Å²) in [6, 6.07) is 5.07. The molecule has 0 atom stereocenters. The number of aryl methyl sites for hydroxylation is 2. The Hall–Kier alpha value is -0.683. The molecule has 0 heterocycles. The van der Waals surface area contributed by atoms with Crippen molar-refractivity contribution in [2.75, 3.05) is 0 Å². The first kappa shape index (κ1) is 9.41. The second-order valence-electron chi connectivity index (χ2n) is 3.01. The van der Waals surface area contributed by atoms with E-state index in [0.717, 1.165) is 11.1 Å². The molecule has 0 aromatic heterocycles. The molecule has 0 saturated carbocycles. The van der Waals surface area contributed by atoms with Crippen LogP contribution in [0.5, 0.6) is 0 Å². The highest BCUT2D eigenvalue weighted by molar-refractivity contribution is 6.71. The maximum absolute atomic E-state index is 8.99. The van der Waals surface area contributed by atoms with Crippen molar-refractivity contribution in [2.45, 2.75) is 13.8 Å². The number of benzene rings is 1. The molecule has 1 rings (SSSR count). The van der Waals surface area contributed by atoms with Gasteiger partial charge in [-0.2, -0.15) is 0 Å². The third-order valence-electron chi connectivity index (χ3n) is 1.61. The molecule has 0 bridgehead atoms. The highest BCUT2D eigenvalue weighted by atomic mass is 28.4. The normalized spacial score (nSPS) is 11.8. The van der Waals surface area contributed by atoms with E-state index in [1.54, 1.807) is 12.1 Å². The fourth-order valence-corrected chi connectivity index (χ4v) is 2.01. The molecule has 12 heavy (non-hydrogen) atoms. The van der Waals surface area contributed by atoms with E-state index in [2.05, 4.69) is 0 Å². The third-order valence-corrected chi connectivity index (χ3v) is 2.67. The van der Waals surface area contributed by atoms with Gasteiger partial charge in [-0.1, -0.05) is 29.3 Å². The first-order valence-corrected chi connectivity index (χ1v) is 5.49. The predicted octanol–water partition coefficient (Wildman–Crippen LogP) is -0.574. The Labute approximate surface area is 72.3 Å². The largest absolute Gasteiger partial charge is 0.529 e. The molecule has 0 aliphatic heterocycles. The summed E-state index contributed by atoms with van der Waals surface area (Å²) in [5.41, 5.74) is 1.83. The molecule has 0 fully saturated rings. The van der Waals surface area contributed by atoms with Crippen molar-refractivity contribution in [3.05, 3.63) is 29.3 Å². The summed E-state index contributed by atoms with van der Waals surface area (Å²) in [5.74, 6) is 0. The second-order valence-corrected chi connectivity index (χ2v) is 4.86. The van der Waals surface area contributed by atoms with Gasteiger partial charge in [0, 0.05) is 5.19 Å². The summed E-state index contributed by atoms with van der Waals surface area (Å²) in [5, 5.41) is 0.236. The Kier molecular flexibility index (Phi) is 2.34. The summed E-state index contributed by atoms with van der Waals surface area (Å²) in [6.45, 7) is 3.69. The van der Waals surface area contributed by atoms with Crippen LogP contribution in [0.4, 0.5) is 0 Å². The minimum absolute atomic E-state index is 0.236. The molecule has 1 aromatic carbocycles. The van der Waals surface area contributed by atoms with Crippen LogP contribution in [0.2, 0.25) is 0 Å². The minimum atomic E-state index is -4.10. The van der Waals surface area contributed by atoms with Gasteiger partial charge in [0.05, 0.1) is 0 Å². The molecule has 1 aromatic rings. The predicted molar refractivity (Wildman–Crippen MR) is 48.0 cm³/mol. The van der Waals surface area contributed by atoms with E-state index in [0.29, 0.717) is 0 Å². The van der Waals surface area contributed by atoms with Crippen LogP contribution in [0.25, 0.3) is 0 Å². The van der Waals surface area contributed by atoms with E-state index in [4.69, 9.17) is 14.4 Å². The standard InChI is InChI=1S/C8H12O3Si/c1-6-3-7(2)5-8(4-6)12(9,10)11/h3-5,9-11H,1-2H3. The summed E-state index contributed by atoms with van der Waals surface area (Å²) in [7, 11) is -4.10. The van der Waals surface area contributed by atoms with E-state index >= 15 is 0 Å². The fraction of sp³-hybridized carbons (Fsp3) is 0.250. The van der Waals surface area contributed by atoms with Crippen molar-refractivity contribution in [1.82, 2.24) is 0 Å². The Morgan fingerprint density at radius 2 is 1.33 bits per heavy atom. The lowest BCUT2D eigenvalue weighted by Crippen LogP contribution is -2.48. The van der Waals surface area contributed by atoms with Crippen LogP contribution in [0.1, 0.15) is 11.1 Å². The smallest absolute Gasteiger partial charge is 0.386 e. The van der Waals surface area contributed by atoms with Crippen LogP contribution in [-0.2, 0) is 0 Å². The highest BCUT2D eigenvalue weighted by Gasteiger charge is 2.30. The molecule has 4 heteroatoms. The average Bonchev–Trinajstić information content (AvgIpc) is 1.82. The summed E-state index contributed by atoms with van der Waals surface area (Å²) in [6.07, 6.45) is 0. The molecular weight excluding hydrogens is 172 g/mol. The lowest BCUT2D eigenvalue weighted by atomic mass is 10.2. The molecule has 66 valence electrons. The molecule has 0 saturated heterocycles. The fourth-order valence-electron chi connectivity index (χ4n) is 1.17. The first-order chi connectivity index (χ1) is 5.39. The van der Waals surface area contributed by atoms with Gasteiger partial charge in [0.2, 0.25) is 0 Å². The second kappa shape index (κ2) is 2.99. The van der Waals surface area contributed by atoms with Gasteiger partial charge in [0.15, 0.2) is 0 Å². The summed E-state index contributed by atoms with van der Waals surface area (Å²) >= 11 is 0. The van der Waals surface area contributed by atoms with E-state index in [9.17, 15) is 0 Å². The van der Waals surface area contributed by atoms with Gasteiger partial charge in [0.25, 0.3) is 0 Å². The lowest BCUT2D eigenvalue weighted by Gasteiger charge is -2.10. The molecule has 3 nitrogen and oxygen atoms in total. The molecular formula is C8H12O3Si. The minimum Gasteiger partial charge on any atom is -0.386 e. The Morgan fingerprint density at radius 1 is 0.917 bits per heavy atom. The van der Waals surface area contributed by atoms with Crippen LogP contribution in [0.3, 0.4) is 0 Å². The zero-order chi connectivity index (χ0) is 9.35. The Balaban J connectivity index is 3.18. The van der Waals surface area contributed by atoms with E-state index in [1.165, 1.54) is 0 Å². The van der Waals surface area contributed by atoms with Gasteiger partial charge in [-0.15, -0.1) is 0 Å². The van der Waals surface area contributed by atoms with E-state index < -0.39 is 8.80 Å². The summed E-state index contributed by atoms with van der Waals surface area (Å²) in [4.78, 5) is 27.0. The summed E-state index contributed by atoms with van der Waals surface area (Å²) < 4.78 is 0. The molecule has 0 aliphatic carbocycles. The Bertz CT molecular complexity index is 271. The zero-order valence-corrected chi connectivity index (χ0v) is 8.07. The molecule has 0 amide bonds. The molecule has 0 spiro atoms. The zero-order valence-electron chi connectivity index (χ0n) is 7.07. The number of hydrogen-bond acceptors (Lipinski definition) is 3. The van der Waals surface area contributed by atoms with Crippen molar-refractivity contribution in [3.63, 3.8) is 0 Å². The first-order valence-electron chi connectivity index (χ1n) is 3.65. The maximum Gasteiger partial charge on any atom is 0.529 e. The Morgan fingerprint density at radius 3 is 1.67 bits per heavy atom. The van der Waals surface area contributed by atoms with Crippen LogP contribution in [0, 0.1) is 13.8 Å². The number of rotatable bonds is 1. The SMILES string of the molecule is Cc1cc(C)cc([Si](O)(O)O)c1. The molecule has 0 radical (unpaired) electrons. The number of hydrogen-bond donors (Lipinski definition) is 3. The van der Waals surface area contributed by atoms with Crippen LogP contribution in [-0.4, -0.2) is 23.2 Å². The third kappa shape index (κ3) is 2.15. The van der Waals surface area contributed by atoms with Gasteiger partial charge < -0.3 is 14.4 Å². The quantitative estimate of drug-likeness (QED) is 0.512. The average molecular weight is 184 g/mol. The van der Waals surface area contributed by atoms with E-state index in [1.807, 2.05) is 19.9 Å². The van der Waals surface area contributed by atoms with Gasteiger partial charge >= 0.3 is 8.80 Å². The highest BCUT2D eigenvalue weighted by Crippen LogP contribution is 2.02. The molecule has 0 unspecified atom stereocenters. The van der Waals surface area contributed by atoms with Crippen molar-refractivity contribution in [2.24, 2.45) is 0 Å².